The van der Waals surface area contributed by atoms with Crippen LogP contribution in [0.25, 0.3) is 0 Å². The van der Waals surface area contributed by atoms with E-state index < -0.39 is 11.9 Å². The van der Waals surface area contributed by atoms with Gasteiger partial charge in [0, 0.05) is 22.6 Å². The highest BCUT2D eigenvalue weighted by molar-refractivity contribution is 6.35. The number of amides is 2. The molecule has 3 rings (SSSR count). The molecule has 0 radical (unpaired) electrons. The van der Waals surface area contributed by atoms with E-state index in [4.69, 9.17) is 23.2 Å². The molecule has 1 atom stereocenters. The van der Waals surface area contributed by atoms with Gasteiger partial charge in [-0.05, 0) is 48.6 Å². The predicted molar refractivity (Wildman–Crippen MR) is 122 cm³/mol. The number of hydrogen-bond acceptors (Lipinski definition) is 2. The van der Waals surface area contributed by atoms with Crippen molar-refractivity contribution in [2.24, 2.45) is 0 Å². The summed E-state index contributed by atoms with van der Waals surface area (Å²) in [6, 6.07) is 10.7. The number of carbonyl (C=O) groups excluding carboxylic acids is 2. The van der Waals surface area contributed by atoms with E-state index >= 15 is 0 Å². The van der Waals surface area contributed by atoms with Gasteiger partial charge in [0.05, 0.1) is 6.42 Å². The second kappa shape index (κ2) is 11.0. The Morgan fingerprint density at radius 3 is 2.48 bits per heavy atom. The van der Waals surface area contributed by atoms with Gasteiger partial charge in [-0.1, -0.05) is 67.2 Å². The zero-order valence-corrected chi connectivity index (χ0v) is 19.1. The Kier molecular flexibility index (Phi) is 8.33. The van der Waals surface area contributed by atoms with E-state index in [2.05, 4.69) is 5.32 Å². The molecule has 0 saturated heterocycles. The van der Waals surface area contributed by atoms with Crippen molar-refractivity contribution < 1.29 is 14.0 Å². The lowest BCUT2D eigenvalue weighted by Gasteiger charge is -2.32. The minimum atomic E-state index is -0.674. The smallest absolute Gasteiger partial charge is 0.243 e. The van der Waals surface area contributed by atoms with Crippen molar-refractivity contribution in [1.29, 1.82) is 0 Å². The normalized spacial score (nSPS) is 15.0. The average Bonchev–Trinajstić information content (AvgIpc) is 3.24. The lowest BCUT2D eigenvalue weighted by atomic mass is 10.1. The number of benzene rings is 2. The summed E-state index contributed by atoms with van der Waals surface area (Å²) in [7, 11) is 0. The van der Waals surface area contributed by atoms with Crippen LogP contribution >= 0.6 is 23.2 Å². The summed E-state index contributed by atoms with van der Waals surface area (Å²) in [5.41, 5.74) is 0.978. The highest BCUT2D eigenvalue weighted by atomic mass is 35.5. The predicted octanol–water partition coefficient (Wildman–Crippen LogP) is 5.54. The quantitative estimate of drug-likeness (QED) is 0.557. The van der Waals surface area contributed by atoms with Crippen LogP contribution < -0.4 is 5.32 Å². The Labute approximate surface area is 192 Å². The number of halogens is 3. The van der Waals surface area contributed by atoms with E-state index in [0.29, 0.717) is 27.6 Å². The molecule has 0 aliphatic heterocycles. The summed E-state index contributed by atoms with van der Waals surface area (Å²) in [5, 5.41) is 4.00. The number of nitrogens with zero attached hydrogens (tertiary/aromatic N) is 1. The molecule has 1 fully saturated rings. The van der Waals surface area contributed by atoms with Gasteiger partial charge in [-0.3, -0.25) is 9.59 Å². The summed E-state index contributed by atoms with van der Waals surface area (Å²) < 4.78 is 14.2. The molecule has 7 heteroatoms. The molecule has 2 aromatic rings. The highest BCUT2D eigenvalue weighted by Gasteiger charge is 2.31. The summed E-state index contributed by atoms with van der Waals surface area (Å²) >= 11 is 12.4. The lowest BCUT2D eigenvalue weighted by Crippen LogP contribution is -2.51. The first-order valence-corrected chi connectivity index (χ1v) is 11.4. The van der Waals surface area contributed by atoms with Crippen molar-refractivity contribution in [2.45, 2.75) is 64.1 Å². The van der Waals surface area contributed by atoms with Gasteiger partial charge in [0.25, 0.3) is 0 Å². The van der Waals surface area contributed by atoms with Crippen LogP contribution in [0.2, 0.25) is 10.0 Å². The van der Waals surface area contributed by atoms with Crippen LogP contribution in [0.1, 0.15) is 50.2 Å². The molecule has 2 aromatic carbocycles. The lowest BCUT2D eigenvalue weighted by molar-refractivity contribution is -0.141. The van der Waals surface area contributed by atoms with Gasteiger partial charge >= 0.3 is 0 Å². The summed E-state index contributed by atoms with van der Waals surface area (Å²) in [6.45, 7) is 2.01. The van der Waals surface area contributed by atoms with Crippen LogP contribution in [0.3, 0.4) is 0 Å². The second-order valence-electron chi connectivity index (χ2n) is 7.94. The molecule has 1 aliphatic carbocycles. The molecule has 1 saturated carbocycles. The molecule has 0 heterocycles. The summed E-state index contributed by atoms with van der Waals surface area (Å²) in [5.74, 6) is -0.949. The molecule has 1 N–H and O–H groups in total. The topological polar surface area (TPSA) is 49.4 Å². The monoisotopic (exact) mass is 464 g/mol. The zero-order valence-electron chi connectivity index (χ0n) is 17.5. The molecule has 166 valence electrons. The van der Waals surface area contributed by atoms with Crippen LogP contribution in [0.15, 0.2) is 42.5 Å². The number of rotatable bonds is 8. The average molecular weight is 465 g/mol. The van der Waals surface area contributed by atoms with E-state index in [1.165, 1.54) is 11.0 Å². The first kappa shape index (κ1) is 23.6. The molecule has 4 nitrogen and oxygen atoms in total. The third-order valence-electron chi connectivity index (χ3n) is 5.74. The van der Waals surface area contributed by atoms with Gasteiger partial charge in [-0.2, -0.15) is 0 Å². The van der Waals surface area contributed by atoms with Gasteiger partial charge in [0.15, 0.2) is 0 Å². The fraction of sp³-hybridized carbons (Fsp3) is 0.417. The molecule has 31 heavy (non-hydrogen) atoms. The third kappa shape index (κ3) is 6.20. The van der Waals surface area contributed by atoms with Crippen LogP contribution in [-0.2, 0) is 22.6 Å². The van der Waals surface area contributed by atoms with Crippen molar-refractivity contribution in [1.82, 2.24) is 10.2 Å². The second-order valence-corrected chi connectivity index (χ2v) is 8.78. The highest BCUT2D eigenvalue weighted by Crippen LogP contribution is 2.25. The fourth-order valence-corrected chi connectivity index (χ4v) is 4.49. The van der Waals surface area contributed by atoms with Crippen LogP contribution in [0.5, 0.6) is 0 Å². The van der Waals surface area contributed by atoms with Gasteiger partial charge in [0.2, 0.25) is 11.8 Å². The Bertz CT molecular complexity index is 932. The van der Waals surface area contributed by atoms with Gasteiger partial charge in [-0.15, -0.1) is 0 Å². The number of hydrogen-bond donors (Lipinski definition) is 1. The van der Waals surface area contributed by atoms with E-state index in [0.717, 1.165) is 25.7 Å². The van der Waals surface area contributed by atoms with E-state index in [-0.39, 0.29) is 30.8 Å². The van der Waals surface area contributed by atoms with Crippen LogP contribution in [0.4, 0.5) is 4.39 Å². The van der Waals surface area contributed by atoms with Crippen molar-refractivity contribution >= 4 is 35.0 Å². The molecular formula is C24H27Cl2FN2O2. The number of nitrogens with one attached hydrogen (secondary N) is 1. The molecule has 0 unspecified atom stereocenters. The molecule has 1 aliphatic rings. The standard InChI is InChI=1S/C24H27Cl2FN2O2/c1-2-22(24(31)28-19-8-4-5-9-19)29(15-17-11-12-18(25)14-20(17)26)23(30)13-16-7-3-6-10-21(16)27/h3,6-7,10-12,14,19,22H,2,4-5,8-9,13,15H2,1H3,(H,28,31)/t22-/m1/s1. The van der Waals surface area contributed by atoms with Crippen LogP contribution in [-0.4, -0.2) is 28.8 Å². The Balaban J connectivity index is 1.86. The molecule has 0 spiro atoms. The van der Waals surface area contributed by atoms with E-state index in [1.54, 1.807) is 36.4 Å². The first-order chi connectivity index (χ1) is 14.9. The van der Waals surface area contributed by atoms with E-state index in [9.17, 15) is 14.0 Å². The maximum absolute atomic E-state index is 14.2. The third-order valence-corrected chi connectivity index (χ3v) is 6.33. The maximum Gasteiger partial charge on any atom is 0.243 e. The Morgan fingerprint density at radius 2 is 1.84 bits per heavy atom. The molecule has 0 aromatic heterocycles. The Hall–Kier alpha value is -2.11. The van der Waals surface area contributed by atoms with Gasteiger partial charge < -0.3 is 10.2 Å². The zero-order chi connectivity index (χ0) is 22.4. The maximum atomic E-state index is 14.2. The molecule has 2 amide bonds. The van der Waals surface area contributed by atoms with Gasteiger partial charge in [-0.25, -0.2) is 4.39 Å². The Morgan fingerprint density at radius 1 is 1.13 bits per heavy atom. The number of carbonyl (C=O) groups is 2. The van der Waals surface area contributed by atoms with Crippen molar-refractivity contribution in [3.05, 3.63) is 69.5 Å². The first-order valence-electron chi connectivity index (χ1n) is 10.7. The molecular weight excluding hydrogens is 438 g/mol. The largest absolute Gasteiger partial charge is 0.352 e. The minimum Gasteiger partial charge on any atom is -0.352 e. The SMILES string of the molecule is CC[C@H](C(=O)NC1CCCC1)N(Cc1ccc(Cl)cc1Cl)C(=O)Cc1ccccc1F. The summed E-state index contributed by atoms with van der Waals surface area (Å²) in [6.07, 6.45) is 4.40. The van der Waals surface area contributed by atoms with Gasteiger partial charge in [0.1, 0.15) is 11.9 Å². The fourth-order valence-electron chi connectivity index (χ4n) is 4.03. The van der Waals surface area contributed by atoms with Crippen molar-refractivity contribution in [2.75, 3.05) is 0 Å². The molecule has 0 bridgehead atoms. The summed E-state index contributed by atoms with van der Waals surface area (Å²) in [4.78, 5) is 27.9. The van der Waals surface area contributed by atoms with E-state index in [1.807, 2.05) is 6.92 Å². The van der Waals surface area contributed by atoms with Crippen molar-refractivity contribution in [3.63, 3.8) is 0 Å². The minimum absolute atomic E-state index is 0.134. The van der Waals surface area contributed by atoms with Crippen LogP contribution in [0, 0.1) is 5.82 Å². The van der Waals surface area contributed by atoms with Crippen molar-refractivity contribution in [3.8, 4) is 0 Å².